The molecular formula is C11H15F2NO2S. The van der Waals surface area contributed by atoms with Gasteiger partial charge in [-0.1, -0.05) is 6.92 Å². The van der Waals surface area contributed by atoms with Gasteiger partial charge in [0.2, 0.25) is 0 Å². The molecular weight excluding hydrogens is 248 g/mol. The predicted molar refractivity (Wildman–Crippen MR) is 62.8 cm³/mol. The quantitative estimate of drug-likeness (QED) is 0.853. The minimum atomic E-state index is -3.27. The van der Waals surface area contributed by atoms with Crippen LogP contribution in [0.1, 0.15) is 27.0 Å². The SMILES string of the molecule is CCc1cc(C(=O)NCC(F)(F)CO)sc1C. The number of amides is 1. The zero-order valence-corrected chi connectivity index (χ0v) is 10.5. The standard InChI is InChI=1S/C11H15F2NO2S/c1-3-8-4-9(17-7(8)2)10(16)14-5-11(12,13)6-15/h4,15H,3,5-6H2,1-2H3,(H,14,16). The number of aliphatic hydroxyl groups excluding tert-OH is 1. The van der Waals surface area contributed by atoms with Gasteiger partial charge in [0.15, 0.2) is 0 Å². The molecule has 0 atom stereocenters. The van der Waals surface area contributed by atoms with Crippen LogP contribution in [-0.2, 0) is 6.42 Å². The summed E-state index contributed by atoms with van der Waals surface area (Å²) in [5.74, 6) is -3.79. The number of hydrogen-bond donors (Lipinski definition) is 2. The van der Waals surface area contributed by atoms with Crippen molar-refractivity contribution in [3.63, 3.8) is 0 Å². The van der Waals surface area contributed by atoms with Crippen molar-refractivity contribution < 1.29 is 18.7 Å². The molecule has 1 heterocycles. The second kappa shape index (κ2) is 5.55. The van der Waals surface area contributed by atoms with Crippen LogP contribution >= 0.6 is 11.3 Å². The van der Waals surface area contributed by atoms with Gasteiger partial charge in [-0.3, -0.25) is 4.79 Å². The van der Waals surface area contributed by atoms with Gasteiger partial charge >= 0.3 is 0 Å². The van der Waals surface area contributed by atoms with Crippen LogP contribution in [0.5, 0.6) is 0 Å². The number of thiophene rings is 1. The number of alkyl halides is 2. The Labute approximate surface area is 102 Å². The van der Waals surface area contributed by atoms with E-state index in [9.17, 15) is 13.6 Å². The maximum absolute atomic E-state index is 12.7. The van der Waals surface area contributed by atoms with Gasteiger partial charge in [0.05, 0.1) is 11.4 Å². The van der Waals surface area contributed by atoms with E-state index in [0.717, 1.165) is 16.9 Å². The molecule has 0 radical (unpaired) electrons. The van der Waals surface area contributed by atoms with E-state index in [0.29, 0.717) is 4.88 Å². The second-order valence-electron chi connectivity index (χ2n) is 3.74. The van der Waals surface area contributed by atoms with Gasteiger partial charge in [0, 0.05) is 4.88 Å². The number of aryl methyl sites for hydroxylation is 2. The van der Waals surface area contributed by atoms with Crippen LogP contribution in [0.4, 0.5) is 8.78 Å². The van der Waals surface area contributed by atoms with E-state index in [1.54, 1.807) is 6.07 Å². The van der Waals surface area contributed by atoms with E-state index < -0.39 is 25.0 Å². The number of aliphatic hydroxyl groups is 1. The first-order valence-corrected chi connectivity index (χ1v) is 6.07. The molecule has 0 aliphatic rings. The molecule has 1 rings (SSSR count). The number of rotatable bonds is 5. The monoisotopic (exact) mass is 263 g/mol. The van der Waals surface area contributed by atoms with Crippen molar-refractivity contribution in [1.82, 2.24) is 5.32 Å². The van der Waals surface area contributed by atoms with E-state index in [-0.39, 0.29) is 0 Å². The summed E-state index contributed by atoms with van der Waals surface area (Å²) in [6.45, 7) is 1.75. The third kappa shape index (κ3) is 3.74. The van der Waals surface area contributed by atoms with Gasteiger partial charge in [-0.05, 0) is 25.0 Å². The Balaban J connectivity index is 2.64. The Morgan fingerprint density at radius 2 is 2.24 bits per heavy atom. The molecule has 0 unspecified atom stereocenters. The fraction of sp³-hybridized carbons (Fsp3) is 0.545. The highest BCUT2D eigenvalue weighted by atomic mass is 32.1. The molecule has 0 bridgehead atoms. The molecule has 17 heavy (non-hydrogen) atoms. The Kier molecular flexibility index (Phi) is 4.59. The third-order valence-corrected chi connectivity index (χ3v) is 3.46. The first-order chi connectivity index (χ1) is 7.89. The molecule has 0 aromatic carbocycles. The van der Waals surface area contributed by atoms with Crippen LogP contribution in [0.2, 0.25) is 0 Å². The molecule has 0 fully saturated rings. The topological polar surface area (TPSA) is 49.3 Å². The summed E-state index contributed by atoms with van der Waals surface area (Å²) in [5.41, 5.74) is 1.05. The summed E-state index contributed by atoms with van der Waals surface area (Å²) >= 11 is 1.29. The highest BCUT2D eigenvalue weighted by Gasteiger charge is 2.28. The molecule has 0 aliphatic heterocycles. The molecule has 0 saturated carbocycles. The zero-order valence-electron chi connectivity index (χ0n) is 9.72. The van der Waals surface area contributed by atoms with Gasteiger partial charge in [0.25, 0.3) is 11.8 Å². The fourth-order valence-corrected chi connectivity index (χ4v) is 2.37. The molecule has 1 aromatic heterocycles. The van der Waals surface area contributed by atoms with Crippen molar-refractivity contribution in [3.05, 3.63) is 21.4 Å². The Bertz CT molecular complexity index is 404. The summed E-state index contributed by atoms with van der Waals surface area (Å²) in [4.78, 5) is 13.0. The average Bonchev–Trinajstić information content (AvgIpc) is 2.67. The zero-order chi connectivity index (χ0) is 13.1. The second-order valence-corrected chi connectivity index (χ2v) is 5.00. The number of nitrogens with one attached hydrogen (secondary N) is 1. The molecule has 96 valence electrons. The number of carbonyl (C=O) groups is 1. The lowest BCUT2D eigenvalue weighted by Gasteiger charge is -2.13. The van der Waals surface area contributed by atoms with Gasteiger partial charge in [-0.2, -0.15) is 0 Å². The Morgan fingerprint density at radius 3 is 2.71 bits per heavy atom. The first kappa shape index (κ1) is 14.1. The van der Waals surface area contributed by atoms with Gasteiger partial charge < -0.3 is 10.4 Å². The van der Waals surface area contributed by atoms with Crippen LogP contribution in [0.15, 0.2) is 6.07 Å². The van der Waals surface area contributed by atoms with Crippen molar-refractivity contribution in [3.8, 4) is 0 Å². The van der Waals surface area contributed by atoms with Crippen LogP contribution in [0.25, 0.3) is 0 Å². The highest BCUT2D eigenvalue weighted by Crippen LogP contribution is 2.22. The molecule has 1 amide bonds. The number of halogens is 2. The Morgan fingerprint density at radius 1 is 1.59 bits per heavy atom. The minimum Gasteiger partial charge on any atom is -0.390 e. The summed E-state index contributed by atoms with van der Waals surface area (Å²) in [7, 11) is 0. The third-order valence-electron chi connectivity index (χ3n) is 2.36. The van der Waals surface area contributed by atoms with Gasteiger partial charge in [0.1, 0.15) is 6.61 Å². The fourth-order valence-electron chi connectivity index (χ4n) is 1.34. The summed E-state index contributed by atoms with van der Waals surface area (Å²) in [5, 5.41) is 10.5. The lowest BCUT2D eigenvalue weighted by atomic mass is 10.2. The van der Waals surface area contributed by atoms with Crippen LogP contribution < -0.4 is 5.32 Å². The van der Waals surface area contributed by atoms with Crippen molar-refractivity contribution >= 4 is 17.2 Å². The molecule has 0 aliphatic carbocycles. The molecule has 1 aromatic rings. The average molecular weight is 263 g/mol. The van der Waals surface area contributed by atoms with Crippen molar-refractivity contribution in [2.75, 3.05) is 13.2 Å². The van der Waals surface area contributed by atoms with E-state index in [4.69, 9.17) is 5.11 Å². The van der Waals surface area contributed by atoms with Crippen molar-refractivity contribution in [2.45, 2.75) is 26.2 Å². The first-order valence-electron chi connectivity index (χ1n) is 5.26. The van der Waals surface area contributed by atoms with E-state index in [2.05, 4.69) is 5.32 Å². The highest BCUT2D eigenvalue weighted by molar-refractivity contribution is 7.14. The molecule has 0 spiro atoms. The minimum absolute atomic E-state index is 0.424. The smallest absolute Gasteiger partial charge is 0.287 e. The van der Waals surface area contributed by atoms with Gasteiger partial charge in [-0.15, -0.1) is 11.3 Å². The molecule has 0 saturated heterocycles. The van der Waals surface area contributed by atoms with E-state index in [1.165, 1.54) is 11.3 Å². The molecule has 6 heteroatoms. The summed E-state index contributed by atoms with van der Waals surface area (Å²) in [6.07, 6.45) is 0.808. The van der Waals surface area contributed by atoms with Crippen molar-refractivity contribution in [2.24, 2.45) is 0 Å². The van der Waals surface area contributed by atoms with E-state index >= 15 is 0 Å². The van der Waals surface area contributed by atoms with E-state index in [1.807, 2.05) is 13.8 Å². The largest absolute Gasteiger partial charge is 0.390 e. The summed E-state index contributed by atoms with van der Waals surface area (Å²) < 4.78 is 25.4. The van der Waals surface area contributed by atoms with Crippen LogP contribution in [-0.4, -0.2) is 30.1 Å². The van der Waals surface area contributed by atoms with Crippen LogP contribution in [0.3, 0.4) is 0 Å². The number of hydrogen-bond acceptors (Lipinski definition) is 3. The lowest BCUT2D eigenvalue weighted by molar-refractivity contribution is -0.0461. The Hall–Kier alpha value is -1.01. The van der Waals surface area contributed by atoms with Crippen LogP contribution in [0, 0.1) is 6.92 Å². The van der Waals surface area contributed by atoms with Gasteiger partial charge in [-0.25, -0.2) is 8.78 Å². The number of carbonyl (C=O) groups excluding carboxylic acids is 1. The maximum atomic E-state index is 12.7. The normalized spacial score (nSPS) is 11.6. The predicted octanol–water partition coefficient (Wildman–Crippen LogP) is 1.98. The molecule has 3 nitrogen and oxygen atoms in total. The van der Waals surface area contributed by atoms with Crippen molar-refractivity contribution in [1.29, 1.82) is 0 Å². The maximum Gasteiger partial charge on any atom is 0.287 e. The summed E-state index contributed by atoms with van der Waals surface area (Å²) in [6, 6.07) is 1.71. The lowest BCUT2D eigenvalue weighted by Crippen LogP contribution is -2.38. The molecule has 2 N–H and O–H groups in total.